The lowest BCUT2D eigenvalue weighted by molar-refractivity contribution is -0.135. The minimum absolute atomic E-state index is 0.000708. The third kappa shape index (κ3) is 3.59. The Kier molecular flexibility index (Phi) is 5.41. The molecule has 4 heteroatoms. The first-order chi connectivity index (χ1) is 6.95. The summed E-state index contributed by atoms with van der Waals surface area (Å²) in [4.78, 5) is 13.3. The standard InChI is InChI=1S/C11H17N3O/c1-8(2)10(7-13)11(15)14(4)9(3)5-6-12/h8-10H,5H2,1-4H3. The summed E-state index contributed by atoms with van der Waals surface area (Å²) >= 11 is 0. The van der Waals surface area contributed by atoms with Crippen molar-refractivity contribution >= 4 is 5.91 Å². The molecule has 0 radical (unpaired) electrons. The molecule has 0 aliphatic carbocycles. The summed E-state index contributed by atoms with van der Waals surface area (Å²) in [5.41, 5.74) is 0. The van der Waals surface area contributed by atoms with Crippen molar-refractivity contribution in [2.45, 2.75) is 33.2 Å². The molecule has 2 unspecified atom stereocenters. The highest BCUT2D eigenvalue weighted by atomic mass is 16.2. The van der Waals surface area contributed by atoms with Gasteiger partial charge in [0.25, 0.3) is 0 Å². The van der Waals surface area contributed by atoms with E-state index >= 15 is 0 Å². The topological polar surface area (TPSA) is 67.9 Å². The molecule has 1 amide bonds. The van der Waals surface area contributed by atoms with Crippen molar-refractivity contribution in [2.75, 3.05) is 7.05 Å². The minimum atomic E-state index is -0.615. The Balaban J connectivity index is 4.58. The molecule has 0 aromatic heterocycles. The molecule has 0 aromatic carbocycles. The maximum atomic E-state index is 11.8. The second-order valence-corrected chi connectivity index (χ2v) is 4.01. The molecular formula is C11H17N3O. The van der Waals surface area contributed by atoms with Gasteiger partial charge in [0.15, 0.2) is 0 Å². The zero-order valence-corrected chi connectivity index (χ0v) is 9.69. The van der Waals surface area contributed by atoms with Crippen LogP contribution >= 0.6 is 0 Å². The third-order valence-electron chi connectivity index (χ3n) is 2.47. The number of hydrogen-bond donors (Lipinski definition) is 0. The van der Waals surface area contributed by atoms with Crippen LogP contribution in [0, 0.1) is 34.5 Å². The highest BCUT2D eigenvalue weighted by Crippen LogP contribution is 2.14. The van der Waals surface area contributed by atoms with E-state index in [1.165, 1.54) is 4.90 Å². The quantitative estimate of drug-likeness (QED) is 0.702. The van der Waals surface area contributed by atoms with E-state index in [-0.39, 0.29) is 17.9 Å². The second kappa shape index (κ2) is 6.03. The van der Waals surface area contributed by atoms with Gasteiger partial charge in [0.1, 0.15) is 5.92 Å². The average molecular weight is 207 g/mol. The fraction of sp³-hybridized carbons (Fsp3) is 0.727. The van der Waals surface area contributed by atoms with Crippen LogP contribution in [-0.4, -0.2) is 23.9 Å². The predicted octanol–water partition coefficient (Wildman–Crippen LogP) is 1.54. The van der Waals surface area contributed by atoms with Crippen LogP contribution in [0.4, 0.5) is 0 Å². The first kappa shape index (κ1) is 13.4. The van der Waals surface area contributed by atoms with Gasteiger partial charge < -0.3 is 4.90 Å². The molecule has 0 spiro atoms. The number of nitrogens with zero attached hydrogens (tertiary/aromatic N) is 3. The molecule has 0 saturated heterocycles. The molecule has 2 atom stereocenters. The van der Waals surface area contributed by atoms with Gasteiger partial charge in [0, 0.05) is 13.1 Å². The zero-order chi connectivity index (χ0) is 12.0. The van der Waals surface area contributed by atoms with E-state index in [0.717, 1.165) is 0 Å². The Bertz CT molecular complexity index is 298. The van der Waals surface area contributed by atoms with E-state index in [0.29, 0.717) is 6.42 Å². The summed E-state index contributed by atoms with van der Waals surface area (Å²) in [7, 11) is 1.64. The van der Waals surface area contributed by atoms with Crippen LogP contribution in [0.5, 0.6) is 0 Å². The average Bonchev–Trinajstić information content (AvgIpc) is 2.17. The van der Waals surface area contributed by atoms with Gasteiger partial charge in [-0.2, -0.15) is 10.5 Å². The molecule has 0 N–H and O–H groups in total. The lowest BCUT2D eigenvalue weighted by atomic mass is 9.95. The molecule has 0 heterocycles. The van der Waals surface area contributed by atoms with Crippen molar-refractivity contribution in [2.24, 2.45) is 11.8 Å². The van der Waals surface area contributed by atoms with Crippen LogP contribution in [0.25, 0.3) is 0 Å². The van der Waals surface area contributed by atoms with Crippen LogP contribution in [0.3, 0.4) is 0 Å². The fourth-order valence-electron chi connectivity index (χ4n) is 1.20. The second-order valence-electron chi connectivity index (χ2n) is 4.01. The lowest BCUT2D eigenvalue weighted by Crippen LogP contribution is -2.40. The van der Waals surface area contributed by atoms with Gasteiger partial charge in [-0.25, -0.2) is 0 Å². The highest BCUT2D eigenvalue weighted by molar-refractivity contribution is 5.81. The van der Waals surface area contributed by atoms with Crippen LogP contribution < -0.4 is 0 Å². The van der Waals surface area contributed by atoms with E-state index in [1.807, 2.05) is 26.0 Å². The van der Waals surface area contributed by atoms with Gasteiger partial charge in [-0.3, -0.25) is 4.79 Å². The molecule has 0 aliphatic rings. The summed E-state index contributed by atoms with van der Waals surface area (Å²) in [5.74, 6) is -0.814. The Morgan fingerprint density at radius 3 is 2.20 bits per heavy atom. The van der Waals surface area contributed by atoms with Crippen LogP contribution in [-0.2, 0) is 4.79 Å². The van der Waals surface area contributed by atoms with Gasteiger partial charge in [0.05, 0.1) is 18.6 Å². The molecule has 0 saturated carbocycles. The molecule has 0 fully saturated rings. The maximum Gasteiger partial charge on any atom is 0.240 e. The molecule has 15 heavy (non-hydrogen) atoms. The molecule has 0 rings (SSSR count). The Morgan fingerprint density at radius 2 is 1.87 bits per heavy atom. The van der Waals surface area contributed by atoms with Crippen molar-refractivity contribution in [1.29, 1.82) is 10.5 Å². The molecule has 0 aliphatic heterocycles. The Morgan fingerprint density at radius 1 is 1.33 bits per heavy atom. The number of amides is 1. The monoisotopic (exact) mass is 207 g/mol. The summed E-state index contributed by atoms with van der Waals surface area (Å²) in [6.07, 6.45) is 0.290. The SMILES string of the molecule is CC(C)C(C#N)C(=O)N(C)C(C)CC#N. The largest absolute Gasteiger partial charge is 0.341 e. The number of rotatable bonds is 4. The van der Waals surface area contributed by atoms with Gasteiger partial charge in [-0.1, -0.05) is 13.8 Å². The van der Waals surface area contributed by atoms with E-state index < -0.39 is 5.92 Å². The van der Waals surface area contributed by atoms with Crippen LogP contribution in [0.2, 0.25) is 0 Å². The molecule has 82 valence electrons. The van der Waals surface area contributed by atoms with Gasteiger partial charge in [-0.15, -0.1) is 0 Å². The number of nitriles is 2. The van der Waals surface area contributed by atoms with Crippen LogP contribution in [0.15, 0.2) is 0 Å². The summed E-state index contributed by atoms with van der Waals surface area (Å²) in [5, 5.41) is 17.4. The van der Waals surface area contributed by atoms with E-state index in [2.05, 4.69) is 0 Å². The lowest BCUT2D eigenvalue weighted by Gasteiger charge is -2.26. The third-order valence-corrected chi connectivity index (χ3v) is 2.47. The van der Waals surface area contributed by atoms with E-state index in [4.69, 9.17) is 10.5 Å². The van der Waals surface area contributed by atoms with Gasteiger partial charge in [0.2, 0.25) is 5.91 Å². The van der Waals surface area contributed by atoms with Crippen molar-refractivity contribution < 1.29 is 4.79 Å². The number of carbonyl (C=O) groups excluding carboxylic acids is 1. The van der Waals surface area contributed by atoms with E-state index in [9.17, 15) is 4.79 Å². The van der Waals surface area contributed by atoms with Crippen LogP contribution in [0.1, 0.15) is 27.2 Å². The first-order valence-electron chi connectivity index (χ1n) is 4.98. The number of carbonyl (C=O) groups is 1. The van der Waals surface area contributed by atoms with Gasteiger partial charge >= 0.3 is 0 Å². The van der Waals surface area contributed by atoms with Crippen molar-refractivity contribution in [1.82, 2.24) is 4.90 Å². The summed E-state index contributed by atoms with van der Waals surface area (Å²) < 4.78 is 0. The van der Waals surface area contributed by atoms with Gasteiger partial charge in [-0.05, 0) is 12.8 Å². The summed E-state index contributed by atoms with van der Waals surface area (Å²) in [6, 6.07) is 3.88. The predicted molar refractivity (Wildman–Crippen MR) is 56.4 cm³/mol. The first-order valence-corrected chi connectivity index (χ1v) is 4.98. The molecule has 4 nitrogen and oxygen atoms in total. The maximum absolute atomic E-state index is 11.8. The van der Waals surface area contributed by atoms with Crippen molar-refractivity contribution in [3.63, 3.8) is 0 Å². The smallest absolute Gasteiger partial charge is 0.240 e. The zero-order valence-electron chi connectivity index (χ0n) is 9.69. The Hall–Kier alpha value is -1.55. The highest BCUT2D eigenvalue weighted by Gasteiger charge is 2.27. The molecule has 0 bridgehead atoms. The molecular weight excluding hydrogens is 190 g/mol. The van der Waals surface area contributed by atoms with Crippen molar-refractivity contribution in [3.05, 3.63) is 0 Å². The Labute approximate surface area is 91.1 Å². The van der Waals surface area contributed by atoms with E-state index in [1.54, 1.807) is 14.0 Å². The minimum Gasteiger partial charge on any atom is -0.341 e. The van der Waals surface area contributed by atoms with Crippen molar-refractivity contribution in [3.8, 4) is 12.1 Å². The normalized spacial score (nSPS) is 13.8. The fourth-order valence-corrected chi connectivity index (χ4v) is 1.20. The molecule has 0 aromatic rings. The summed E-state index contributed by atoms with van der Waals surface area (Å²) in [6.45, 7) is 5.49. The number of hydrogen-bond acceptors (Lipinski definition) is 3.